The van der Waals surface area contributed by atoms with Crippen LogP contribution in [0.2, 0.25) is 0 Å². The first-order valence-electron chi connectivity index (χ1n) is 11.8. The van der Waals surface area contributed by atoms with Crippen LogP contribution in [0.1, 0.15) is 35.3 Å². The zero-order valence-electron chi connectivity index (χ0n) is 20.6. The minimum atomic E-state index is -1.03. The molecular weight excluding hydrogens is 636 g/mol. The summed E-state index contributed by atoms with van der Waals surface area (Å²) >= 11 is 8.28. The molecule has 3 aromatic carbocycles. The number of aliphatic imine (C=N–C) groups is 1. The number of ether oxygens (including phenoxy) is 2. The van der Waals surface area contributed by atoms with Crippen molar-refractivity contribution in [2.75, 3.05) is 13.2 Å². The highest BCUT2D eigenvalue weighted by Crippen LogP contribution is 2.40. The third-order valence-corrected chi connectivity index (χ3v) is 7.57. The highest BCUT2D eigenvalue weighted by Gasteiger charge is 2.32. The summed E-state index contributed by atoms with van der Waals surface area (Å²) in [7, 11) is 0. The Bertz CT molecular complexity index is 1420. The number of amides is 1. The minimum Gasteiger partial charge on any atom is -0.490 e. The Hall–Kier alpha value is -3.08. The molecule has 0 aromatic heterocycles. The van der Waals surface area contributed by atoms with Crippen molar-refractivity contribution < 1.29 is 24.2 Å². The first kappa shape index (κ1) is 27.9. The minimum absolute atomic E-state index is 0.135. The molecule has 1 amide bonds. The number of carboxylic acids is 1. The monoisotopic (exact) mass is 658 g/mol. The fourth-order valence-electron chi connectivity index (χ4n) is 3.65. The van der Waals surface area contributed by atoms with Gasteiger partial charge in [0.2, 0.25) is 0 Å². The van der Waals surface area contributed by atoms with Gasteiger partial charge in [-0.25, -0.2) is 9.79 Å². The van der Waals surface area contributed by atoms with E-state index in [1.807, 2.05) is 50.2 Å². The SMILES string of the molecule is CCOc1cc(/C=C2/SC(=Nc3cccc(C(=O)O)c3)N(CC)C2=O)cc(Br)c1OCc1ccc(Br)cc1. The maximum Gasteiger partial charge on any atom is 0.335 e. The van der Waals surface area contributed by atoms with Gasteiger partial charge >= 0.3 is 5.97 Å². The van der Waals surface area contributed by atoms with E-state index in [0.717, 1.165) is 15.6 Å². The lowest BCUT2D eigenvalue weighted by Crippen LogP contribution is -2.28. The molecule has 1 fully saturated rings. The van der Waals surface area contributed by atoms with E-state index in [4.69, 9.17) is 9.47 Å². The van der Waals surface area contributed by atoms with Crippen molar-refractivity contribution in [3.05, 3.63) is 91.2 Å². The van der Waals surface area contributed by atoms with Gasteiger partial charge in [-0.15, -0.1) is 0 Å². The van der Waals surface area contributed by atoms with Gasteiger partial charge in [-0.3, -0.25) is 9.69 Å². The Kier molecular flexibility index (Phi) is 9.30. The first-order chi connectivity index (χ1) is 18.3. The Labute approximate surface area is 241 Å². The second-order valence-electron chi connectivity index (χ2n) is 8.09. The summed E-state index contributed by atoms with van der Waals surface area (Å²) in [5.41, 5.74) is 2.38. The Morgan fingerprint density at radius 1 is 1.08 bits per heavy atom. The predicted molar refractivity (Wildman–Crippen MR) is 157 cm³/mol. The van der Waals surface area contributed by atoms with Crippen LogP contribution in [0.3, 0.4) is 0 Å². The normalized spacial score (nSPS) is 15.4. The van der Waals surface area contributed by atoms with Crippen molar-refractivity contribution in [1.29, 1.82) is 0 Å². The molecule has 1 heterocycles. The third-order valence-electron chi connectivity index (χ3n) is 5.45. The molecule has 0 unspecified atom stereocenters. The van der Waals surface area contributed by atoms with Crippen LogP contribution in [0, 0.1) is 0 Å². The number of thioether (sulfide) groups is 1. The number of hydrogen-bond donors (Lipinski definition) is 1. The summed E-state index contributed by atoms with van der Waals surface area (Å²) in [4.78, 5) is 31.1. The molecule has 196 valence electrons. The number of carbonyl (C=O) groups excluding carboxylic acids is 1. The molecule has 1 saturated heterocycles. The standard InChI is InChI=1S/C28H24Br2N2O5S/c1-3-32-26(33)24(38-28(32)31-21-7-5-6-19(15-21)27(34)35)14-18-12-22(30)25(23(13-18)36-4-2)37-16-17-8-10-20(29)11-9-17/h5-15H,3-4,16H2,1-2H3,(H,34,35)/b24-14+,31-28?. The second-order valence-corrected chi connectivity index (χ2v) is 10.9. The number of hydrogen-bond acceptors (Lipinski definition) is 6. The molecule has 7 nitrogen and oxygen atoms in total. The number of carbonyl (C=O) groups is 2. The zero-order valence-corrected chi connectivity index (χ0v) is 24.6. The Morgan fingerprint density at radius 2 is 1.84 bits per heavy atom. The fraction of sp³-hybridized carbons (Fsp3) is 0.179. The molecule has 4 rings (SSSR count). The molecular formula is C28H24Br2N2O5S. The molecule has 3 aromatic rings. The van der Waals surface area contributed by atoms with E-state index in [-0.39, 0.29) is 11.5 Å². The van der Waals surface area contributed by atoms with Crippen molar-refractivity contribution >= 4 is 72.4 Å². The molecule has 0 radical (unpaired) electrons. The van der Waals surface area contributed by atoms with E-state index in [2.05, 4.69) is 36.9 Å². The van der Waals surface area contributed by atoms with Gasteiger partial charge in [0, 0.05) is 11.0 Å². The summed E-state index contributed by atoms with van der Waals surface area (Å²) < 4.78 is 13.7. The summed E-state index contributed by atoms with van der Waals surface area (Å²) in [5, 5.41) is 9.76. The average molecular weight is 660 g/mol. The second kappa shape index (κ2) is 12.6. The molecule has 0 atom stereocenters. The van der Waals surface area contributed by atoms with Crippen molar-refractivity contribution in [2.45, 2.75) is 20.5 Å². The molecule has 1 aliphatic heterocycles. The van der Waals surface area contributed by atoms with Crippen LogP contribution in [0.4, 0.5) is 5.69 Å². The van der Waals surface area contributed by atoms with Gasteiger partial charge < -0.3 is 14.6 Å². The molecule has 0 bridgehead atoms. The quantitative estimate of drug-likeness (QED) is 0.239. The number of amidine groups is 1. The third kappa shape index (κ3) is 6.67. The van der Waals surface area contributed by atoms with E-state index in [9.17, 15) is 14.7 Å². The largest absolute Gasteiger partial charge is 0.490 e. The van der Waals surface area contributed by atoms with Gasteiger partial charge in [-0.1, -0.05) is 34.1 Å². The van der Waals surface area contributed by atoms with Crippen molar-refractivity contribution in [2.24, 2.45) is 4.99 Å². The summed E-state index contributed by atoms with van der Waals surface area (Å²) in [6, 6.07) is 17.9. The lowest BCUT2D eigenvalue weighted by atomic mass is 10.1. The van der Waals surface area contributed by atoms with Crippen molar-refractivity contribution in [1.82, 2.24) is 4.90 Å². The number of carboxylic acid groups (broad SMARTS) is 1. The fourth-order valence-corrected chi connectivity index (χ4v) is 5.55. The molecule has 38 heavy (non-hydrogen) atoms. The van der Waals surface area contributed by atoms with Crippen LogP contribution < -0.4 is 9.47 Å². The Morgan fingerprint density at radius 3 is 2.53 bits per heavy atom. The molecule has 0 spiro atoms. The molecule has 1 N–H and O–H groups in total. The van der Waals surface area contributed by atoms with E-state index >= 15 is 0 Å². The van der Waals surface area contributed by atoms with Gasteiger partial charge in [0.1, 0.15) is 6.61 Å². The summed E-state index contributed by atoms with van der Waals surface area (Å²) in [5.74, 6) is -0.0588. The predicted octanol–water partition coefficient (Wildman–Crippen LogP) is 7.51. The Balaban J connectivity index is 1.61. The topological polar surface area (TPSA) is 88.4 Å². The number of likely N-dealkylation sites (N-methyl/N-ethyl adjacent to an activating group) is 1. The van der Waals surface area contributed by atoms with Crippen molar-refractivity contribution in [3.8, 4) is 11.5 Å². The number of aromatic carboxylic acids is 1. The number of rotatable bonds is 9. The van der Waals surface area contributed by atoms with Gasteiger partial charge in [-0.05, 0) is 101 Å². The highest BCUT2D eigenvalue weighted by molar-refractivity contribution is 9.10. The molecule has 0 aliphatic carbocycles. The smallest absolute Gasteiger partial charge is 0.335 e. The van der Waals surface area contributed by atoms with Gasteiger partial charge in [0.05, 0.1) is 27.2 Å². The number of benzene rings is 3. The van der Waals surface area contributed by atoms with Crippen LogP contribution in [-0.4, -0.2) is 40.2 Å². The van der Waals surface area contributed by atoms with Gasteiger partial charge in [0.15, 0.2) is 16.7 Å². The van der Waals surface area contributed by atoms with Crippen LogP contribution in [0.15, 0.2) is 79.5 Å². The lowest BCUT2D eigenvalue weighted by Gasteiger charge is -2.15. The number of nitrogens with zero attached hydrogens (tertiary/aromatic N) is 2. The molecule has 1 aliphatic rings. The maximum absolute atomic E-state index is 13.2. The highest BCUT2D eigenvalue weighted by atomic mass is 79.9. The van der Waals surface area contributed by atoms with Crippen LogP contribution in [0.5, 0.6) is 11.5 Å². The van der Waals surface area contributed by atoms with Crippen molar-refractivity contribution in [3.63, 3.8) is 0 Å². The maximum atomic E-state index is 13.2. The van der Waals surface area contributed by atoms with Gasteiger partial charge in [-0.2, -0.15) is 0 Å². The average Bonchev–Trinajstić information content (AvgIpc) is 3.18. The van der Waals surface area contributed by atoms with Gasteiger partial charge in [0.25, 0.3) is 5.91 Å². The van der Waals surface area contributed by atoms with Crippen LogP contribution >= 0.6 is 43.6 Å². The lowest BCUT2D eigenvalue weighted by molar-refractivity contribution is -0.122. The van der Waals surface area contributed by atoms with E-state index in [1.165, 1.54) is 23.9 Å². The molecule has 0 saturated carbocycles. The van der Waals surface area contributed by atoms with Crippen LogP contribution in [0.25, 0.3) is 6.08 Å². The van der Waals surface area contributed by atoms with Crippen LogP contribution in [-0.2, 0) is 11.4 Å². The first-order valence-corrected chi connectivity index (χ1v) is 14.2. The number of halogens is 2. The molecule has 10 heteroatoms. The summed E-state index contributed by atoms with van der Waals surface area (Å²) in [6.07, 6.45) is 1.79. The van der Waals surface area contributed by atoms with E-state index < -0.39 is 5.97 Å². The van der Waals surface area contributed by atoms with E-state index in [0.29, 0.717) is 51.5 Å². The zero-order chi connectivity index (χ0) is 27.2. The summed E-state index contributed by atoms with van der Waals surface area (Å²) in [6.45, 7) is 5.01. The van der Waals surface area contributed by atoms with E-state index in [1.54, 1.807) is 23.1 Å².